The molecule has 104 valence electrons. The van der Waals surface area contributed by atoms with Crippen molar-refractivity contribution in [3.63, 3.8) is 0 Å². The van der Waals surface area contributed by atoms with E-state index in [0.717, 1.165) is 6.07 Å². The smallest absolute Gasteiger partial charge is 0.311 e. The molecule has 1 N–H and O–H groups in total. The summed E-state index contributed by atoms with van der Waals surface area (Å²) >= 11 is 0. The normalized spacial score (nSPS) is 26.4. The number of benzene rings is 1. The van der Waals surface area contributed by atoms with E-state index in [2.05, 4.69) is 5.32 Å². The van der Waals surface area contributed by atoms with Gasteiger partial charge in [0, 0.05) is 18.5 Å². The summed E-state index contributed by atoms with van der Waals surface area (Å²) < 4.78 is 32.4. The molecular formula is C14H17F2NO2. The van der Waals surface area contributed by atoms with Gasteiger partial charge in [0.25, 0.3) is 0 Å². The molecule has 0 amide bonds. The molecule has 2 atom stereocenters. The van der Waals surface area contributed by atoms with Crippen LogP contribution in [0.15, 0.2) is 18.2 Å². The third-order valence-corrected chi connectivity index (χ3v) is 3.75. The topological polar surface area (TPSA) is 38.3 Å². The zero-order valence-electron chi connectivity index (χ0n) is 11.0. The van der Waals surface area contributed by atoms with Gasteiger partial charge in [0.15, 0.2) is 11.6 Å². The lowest BCUT2D eigenvalue weighted by atomic mass is 9.74. The first-order valence-corrected chi connectivity index (χ1v) is 6.32. The molecule has 5 heteroatoms. The monoisotopic (exact) mass is 269 g/mol. The Kier molecular flexibility index (Phi) is 3.85. The zero-order valence-corrected chi connectivity index (χ0v) is 11.0. The van der Waals surface area contributed by atoms with Crippen LogP contribution < -0.4 is 5.32 Å². The van der Waals surface area contributed by atoms with Crippen molar-refractivity contribution >= 4 is 5.97 Å². The number of esters is 1. The van der Waals surface area contributed by atoms with E-state index in [0.29, 0.717) is 13.1 Å². The van der Waals surface area contributed by atoms with Crippen LogP contribution in [-0.4, -0.2) is 25.7 Å². The molecule has 1 fully saturated rings. The highest BCUT2D eigenvalue weighted by molar-refractivity contribution is 5.75. The fraction of sp³-hybridized carbons (Fsp3) is 0.500. The molecule has 19 heavy (non-hydrogen) atoms. The number of carbonyl (C=O) groups excluding carboxylic acids is 1. The molecule has 1 heterocycles. The van der Waals surface area contributed by atoms with E-state index < -0.39 is 23.0 Å². The van der Waals surface area contributed by atoms with Crippen LogP contribution in [0, 0.1) is 17.6 Å². The summed E-state index contributed by atoms with van der Waals surface area (Å²) in [5.41, 5.74) is -0.575. The Bertz CT molecular complexity index is 492. The maximum absolute atomic E-state index is 14.0. The molecular weight excluding hydrogens is 252 g/mol. The second kappa shape index (κ2) is 5.25. The number of hydrogen-bond acceptors (Lipinski definition) is 3. The fourth-order valence-electron chi connectivity index (χ4n) is 2.64. The van der Waals surface area contributed by atoms with Crippen molar-refractivity contribution in [1.82, 2.24) is 5.32 Å². The number of hydrogen-bond donors (Lipinski definition) is 1. The minimum atomic E-state index is -0.895. The van der Waals surface area contributed by atoms with E-state index >= 15 is 0 Å². The summed E-state index contributed by atoms with van der Waals surface area (Å²) in [6.45, 7) is 4.58. The molecule has 1 aromatic rings. The van der Waals surface area contributed by atoms with Crippen molar-refractivity contribution in [2.75, 3.05) is 19.7 Å². The summed E-state index contributed by atoms with van der Waals surface area (Å²) in [5.74, 6) is -2.67. The van der Waals surface area contributed by atoms with Crippen LogP contribution in [0.3, 0.4) is 0 Å². The molecule has 2 rings (SSSR count). The summed E-state index contributed by atoms with van der Waals surface area (Å²) in [6, 6.07) is 4.06. The number of carbonyl (C=O) groups is 1. The summed E-state index contributed by atoms with van der Waals surface area (Å²) in [7, 11) is 0. The molecule has 2 unspecified atom stereocenters. The number of rotatable bonds is 3. The van der Waals surface area contributed by atoms with Crippen LogP contribution in [0.25, 0.3) is 0 Å². The van der Waals surface area contributed by atoms with Gasteiger partial charge in [-0.3, -0.25) is 4.79 Å². The van der Waals surface area contributed by atoms with Crippen LogP contribution in [0.4, 0.5) is 8.78 Å². The second-order valence-corrected chi connectivity index (χ2v) is 4.95. The van der Waals surface area contributed by atoms with Crippen LogP contribution in [-0.2, 0) is 14.9 Å². The van der Waals surface area contributed by atoms with Crippen molar-refractivity contribution in [3.8, 4) is 0 Å². The largest absolute Gasteiger partial charge is 0.466 e. The highest BCUT2D eigenvalue weighted by atomic mass is 19.2. The lowest BCUT2D eigenvalue weighted by molar-refractivity contribution is -0.149. The van der Waals surface area contributed by atoms with Gasteiger partial charge < -0.3 is 10.1 Å². The Morgan fingerprint density at radius 3 is 2.95 bits per heavy atom. The van der Waals surface area contributed by atoms with Gasteiger partial charge in [0.1, 0.15) is 0 Å². The molecule has 0 radical (unpaired) electrons. The minimum absolute atomic E-state index is 0.218. The second-order valence-electron chi connectivity index (χ2n) is 4.95. The first-order valence-electron chi connectivity index (χ1n) is 6.32. The van der Waals surface area contributed by atoms with E-state index in [1.807, 2.05) is 0 Å². The van der Waals surface area contributed by atoms with Gasteiger partial charge in [-0.05, 0) is 18.6 Å². The predicted molar refractivity (Wildman–Crippen MR) is 66.7 cm³/mol. The molecule has 0 saturated carbocycles. The third-order valence-electron chi connectivity index (χ3n) is 3.75. The highest BCUT2D eigenvalue weighted by Gasteiger charge is 2.47. The Labute approximate surface area is 111 Å². The van der Waals surface area contributed by atoms with E-state index in [1.165, 1.54) is 12.1 Å². The SMILES string of the molecule is CCOC(=O)C1CNCC1(C)c1cccc(F)c1F. The van der Waals surface area contributed by atoms with Gasteiger partial charge in [-0.15, -0.1) is 0 Å². The fourth-order valence-corrected chi connectivity index (χ4v) is 2.64. The number of ether oxygens (including phenoxy) is 1. The zero-order chi connectivity index (χ0) is 14.0. The van der Waals surface area contributed by atoms with Gasteiger partial charge in [-0.2, -0.15) is 0 Å². The molecule has 1 aliphatic rings. The maximum atomic E-state index is 14.0. The number of nitrogens with one attached hydrogen (secondary N) is 1. The molecule has 3 nitrogen and oxygen atoms in total. The Balaban J connectivity index is 2.40. The van der Waals surface area contributed by atoms with Crippen molar-refractivity contribution < 1.29 is 18.3 Å². The molecule has 0 spiro atoms. The molecule has 0 aliphatic carbocycles. The van der Waals surface area contributed by atoms with Crippen LogP contribution in [0.1, 0.15) is 19.4 Å². The average molecular weight is 269 g/mol. The lowest BCUT2D eigenvalue weighted by Gasteiger charge is -2.30. The Hall–Kier alpha value is -1.49. The van der Waals surface area contributed by atoms with Crippen LogP contribution >= 0.6 is 0 Å². The number of halogens is 2. The van der Waals surface area contributed by atoms with Gasteiger partial charge in [0.05, 0.1) is 12.5 Å². The van der Waals surface area contributed by atoms with Crippen molar-refractivity contribution in [2.45, 2.75) is 19.3 Å². The van der Waals surface area contributed by atoms with Crippen LogP contribution in [0.5, 0.6) is 0 Å². The summed E-state index contributed by atoms with van der Waals surface area (Å²) in [4.78, 5) is 12.0. The summed E-state index contributed by atoms with van der Waals surface area (Å²) in [6.07, 6.45) is 0. The Morgan fingerprint density at radius 1 is 1.53 bits per heavy atom. The van der Waals surface area contributed by atoms with Gasteiger partial charge in [-0.1, -0.05) is 19.1 Å². The first kappa shape index (κ1) is 13.9. The molecule has 1 aromatic carbocycles. The molecule has 1 saturated heterocycles. The van der Waals surface area contributed by atoms with Crippen molar-refractivity contribution in [1.29, 1.82) is 0 Å². The third kappa shape index (κ3) is 2.34. The van der Waals surface area contributed by atoms with Crippen molar-refractivity contribution in [3.05, 3.63) is 35.4 Å². The van der Waals surface area contributed by atoms with Crippen molar-refractivity contribution in [2.24, 2.45) is 5.92 Å². The maximum Gasteiger partial charge on any atom is 0.311 e. The Morgan fingerprint density at radius 2 is 2.26 bits per heavy atom. The first-order chi connectivity index (χ1) is 9.00. The van der Waals surface area contributed by atoms with E-state index in [9.17, 15) is 13.6 Å². The van der Waals surface area contributed by atoms with E-state index in [1.54, 1.807) is 13.8 Å². The van der Waals surface area contributed by atoms with Crippen LogP contribution in [0.2, 0.25) is 0 Å². The van der Waals surface area contributed by atoms with Gasteiger partial charge >= 0.3 is 5.97 Å². The lowest BCUT2D eigenvalue weighted by Crippen LogP contribution is -2.38. The van der Waals surface area contributed by atoms with Gasteiger partial charge in [-0.25, -0.2) is 8.78 Å². The van der Waals surface area contributed by atoms with Gasteiger partial charge in [0.2, 0.25) is 0 Å². The standard InChI is InChI=1S/C14H17F2NO2/c1-3-19-13(18)10-7-17-8-14(10,2)9-5-4-6-11(15)12(9)16/h4-6,10,17H,3,7-8H2,1-2H3. The van der Waals surface area contributed by atoms with E-state index in [-0.39, 0.29) is 18.1 Å². The molecule has 0 aromatic heterocycles. The molecule has 0 bridgehead atoms. The summed E-state index contributed by atoms with van der Waals surface area (Å²) in [5, 5.41) is 3.06. The van der Waals surface area contributed by atoms with E-state index in [4.69, 9.17) is 4.74 Å². The molecule has 1 aliphatic heterocycles. The average Bonchev–Trinajstić information content (AvgIpc) is 2.76. The minimum Gasteiger partial charge on any atom is -0.466 e. The predicted octanol–water partition coefficient (Wildman–Crippen LogP) is 2.00. The quantitative estimate of drug-likeness (QED) is 0.853. The highest BCUT2D eigenvalue weighted by Crippen LogP contribution is 2.37.